The molecule has 0 radical (unpaired) electrons. The fraction of sp³-hybridized carbons (Fsp3) is 0.818. The summed E-state index contributed by atoms with van der Waals surface area (Å²) in [5.41, 5.74) is 0. The van der Waals surface area contributed by atoms with Gasteiger partial charge < -0.3 is 10.1 Å². The van der Waals surface area contributed by atoms with E-state index < -0.39 is 0 Å². The lowest BCUT2D eigenvalue weighted by atomic mass is 9.95. The van der Waals surface area contributed by atoms with Crippen molar-refractivity contribution in [2.24, 2.45) is 5.92 Å². The van der Waals surface area contributed by atoms with E-state index in [0.717, 1.165) is 31.8 Å². The van der Waals surface area contributed by atoms with Crippen LogP contribution >= 0.6 is 0 Å². The first-order chi connectivity index (χ1) is 7.75. The summed E-state index contributed by atoms with van der Waals surface area (Å²) in [6.07, 6.45) is 4.10. The lowest BCUT2D eigenvalue weighted by Crippen LogP contribution is -2.40. The van der Waals surface area contributed by atoms with Crippen LogP contribution in [0.1, 0.15) is 32.5 Å². The van der Waals surface area contributed by atoms with Crippen LogP contribution in [0.5, 0.6) is 0 Å². The van der Waals surface area contributed by atoms with Gasteiger partial charge in [0.05, 0.1) is 12.6 Å². The van der Waals surface area contributed by atoms with E-state index in [1.807, 2.05) is 0 Å². The van der Waals surface area contributed by atoms with Crippen LogP contribution in [-0.2, 0) is 11.3 Å². The number of rotatable bonds is 4. The number of H-pyrrole nitrogens is 1. The van der Waals surface area contributed by atoms with E-state index in [1.54, 1.807) is 0 Å². The van der Waals surface area contributed by atoms with Crippen LogP contribution in [0, 0.1) is 5.92 Å². The summed E-state index contributed by atoms with van der Waals surface area (Å²) in [6, 6.07) is 0.534. The highest BCUT2D eigenvalue weighted by Gasteiger charge is 2.24. The number of nitrogens with one attached hydrogen (secondary N) is 2. The van der Waals surface area contributed by atoms with Gasteiger partial charge in [0.2, 0.25) is 0 Å². The molecule has 0 amide bonds. The maximum absolute atomic E-state index is 5.73. The van der Waals surface area contributed by atoms with Gasteiger partial charge in [-0.05, 0) is 18.8 Å². The summed E-state index contributed by atoms with van der Waals surface area (Å²) in [7, 11) is 0. The molecule has 2 atom stereocenters. The third kappa shape index (κ3) is 3.02. The van der Waals surface area contributed by atoms with E-state index in [-0.39, 0.29) is 0 Å². The molecule has 2 rings (SSSR count). The molecular formula is C11H20N4O. The maximum Gasteiger partial charge on any atom is 0.138 e. The first-order valence-corrected chi connectivity index (χ1v) is 5.95. The van der Waals surface area contributed by atoms with Gasteiger partial charge in [-0.15, -0.1) is 0 Å². The van der Waals surface area contributed by atoms with Crippen molar-refractivity contribution in [3.8, 4) is 0 Å². The Balaban J connectivity index is 1.77. The Morgan fingerprint density at radius 1 is 1.62 bits per heavy atom. The van der Waals surface area contributed by atoms with E-state index in [0.29, 0.717) is 18.1 Å². The third-order valence-electron chi connectivity index (χ3n) is 3.08. The van der Waals surface area contributed by atoms with Gasteiger partial charge in [0.15, 0.2) is 0 Å². The van der Waals surface area contributed by atoms with Crippen LogP contribution in [0.4, 0.5) is 0 Å². The van der Waals surface area contributed by atoms with Crippen LogP contribution in [0.2, 0.25) is 0 Å². The summed E-state index contributed by atoms with van der Waals surface area (Å²) < 4.78 is 5.73. The van der Waals surface area contributed by atoms with Crippen molar-refractivity contribution in [3.63, 3.8) is 0 Å². The fourth-order valence-corrected chi connectivity index (χ4v) is 2.03. The third-order valence-corrected chi connectivity index (χ3v) is 3.08. The highest BCUT2D eigenvalue weighted by molar-refractivity contribution is 4.83. The maximum atomic E-state index is 5.73. The molecule has 0 spiro atoms. The number of hydrogen-bond acceptors (Lipinski definition) is 4. The molecule has 1 aromatic heterocycles. The Hall–Kier alpha value is -0.940. The van der Waals surface area contributed by atoms with Gasteiger partial charge in [0.1, 0.15) is 12.2 Å². The molecule has 5 heteroatoms. The van der Waals surface area contributed by atoms with Crippen molar-refractivity contribution in [2.45, 2.75) is 45.4 Å². The molecule has 0 aliphatic carbocycles. The Morgan fingerprint density at radius 2 is 2.50 bits per heavy atom. The summed E-state index contributed by atoms with van der Waals surface area (Å²) in [4.78, 5) is 4.09. The molecule has 0 bridgehead atoms. The highest BCUT2D eigenvalue weighted by atomic mass is 16.5. The minimum Gasteiger partial charge on any atom is -0.378 e. The molecule has 1 aliphatic rings. The summed E-state index contributed by atoms with van der Waals surface area (Å²) in [5, 5.41) is 10.2. The predicted molar refractivity (Wildman–Crippen MR) is 60.8 cm³/mol. The van der Waals surface area contributed by atoms with E-state index in [2.05, 4.69) is 34.3 Å². The molecule has 16 heavy (non-hydrogen) atoms. The Bertz CT molecular complexity index is 299. The van der Waals surface area contributed by atoms with Gasteiger partial charge in [0.25, 0.3) is 0 Å². The molecule has 2 N–H and O–H groups in total. The first kappa shape index (κ1) is 11.5. The highest BCUT2D eigenvalue weighted by Crippen LogP contribution is 2.20. The zero-order valence-electron chi connectivity index (χ0n) is 9.94. The summed E-state index contributed by atoms with van der Waals surface area (Å²) >= 11 is 0. The lowest BCUT2D eigenvalue weighted by Gasteiger charge is -2.32. The van der Waals surface area contributed by atoms with Crippen molar-refractivity contribution in [1.29, 1.82) is 0 Å². The van der Waals surface area contributed by atoms with Crippen LogP contribution in [0.25, 0.3) is 0 Å². The van der Waals surface area contributed by atoms with Gasteiger partial charge in [-0.25, -0.2) is 4.98 Å². The number of ether oxygens (including phenoxy) is 1. The smallest absolute Gasteiger partial charge is 0.138 e. The average molecular weight is 224 g/mol. The predicted octanol–water partition coefficient (Wildman–Crippen LogP) is 1.10. The topological polar surface area (TPSA) is 62.8 Å². The van der Waals surface area contributed by atoms with Crippen molar-refractivity contribution < 1.29 is 4.74 Å². The number of aromatic amines is 1. The fourth-order valence-electron chi connectivity index (χ4n) is 2.03. The summed E-state index contributed by atoms with van der Waals surface area (Å²) in [5.74, 6) is 1.49. The largest absolute Gasteiger partial charge is 0.378 e. The zero-order valence-corrected chi connectivity index (χ0v) is 9.94. The molecule has 1 aliphatic heterocycles. The molecule has 2 heterocycles. The van der Waals surface area contributed by atoms with E-state index in [9.17, 15) is 0 Å². The Kier molecular flexibility index (Phi) is 3.90. The molecule has 5 nitrogen and oxygen atoms in total. The minimum atomic E-state index is 0.390. The zero-order chi connectivity index (χ0) is 11.4. The van der Waals surface area contributed by atoms with Gasteiger partial charge in [0, 0.05) is 12.6 Å². The van der Waals surface area contributed by atoms with Crippen molar-refractivity contribution in [2.75, 3.05) is 6.61 Å². The first-order valence-electron chi connectivity index (χ1n) is 5.95. The molecule has 0 saturated carbocycles. The van der Waals surface area contributed by atoms with Gasteiger partial charge in [-0.2, -0.15) is 5.10 Å². The van der Waals surface area contributed by atoms with Crippen molar-refractivity contribution in [3.05, 3.63) is 12.2 Å². The van der Waals surface area contributed by atoms with Crippen molar-refractivity contribution >= 4 is 0 Å². The second kappa shape index (κ2) is 5.41. The van der Waals surface area contributed by atoms with Gasteiger partial charge >= 0.3 is 0 Å². The number of hydrogen-bond donors (Lipinski definition) is 2. The van der Waals surface area contributed by atoms with E-state index >= 15 is 0 Å². The van der Waals surface area contributed by atoms with Crippen LogP contribution in [0.15, 0.2) is 6.33 Å². The number of aromatic nitrogens is 3. The van der Waals surface area contributed by atoms with Crippen LogP contribution in [-0.4, -0.2) is 33.9 Å². The van der Waals surface area contributed by atoms with E-state index in [1.165, 1.54) is 6.33 Å². The Labute approximate surface area is 96.0 Å². The molecule has 1 aromatic rings. The second-order valence-corrected chi connectivity index (χ2v) is 4.69. The standard InChI is InChI=1S/C11H20N4O/c1-8(2)10-5-9(3-4-16-10)12-6-11-13-7-14-15-11/h7-10,12H,3-6H2,1-2H3,(H,13,14,15). The lowest BCUT2D eigenvalue weighted by molar-refractivity contribution is -0.0246. The SMILES string of the molecule is CC(C)C1CC(NCc2ncn[nH]2)CCO1. The number of nitrogens with zero attached hydrogens (tertiary/aromatic N) is 2. The quantitative estimate of drug-likeness (QED) is 0.804. The Morgan fingerprint density at radius 3 is 3.19 bits per heavy atom. The molecule has 2 unspecified atom stereocenters. The molecular weight excluding hydrogens is 204 g/mol. The van der Waals surface area contributed by atoms with Gasteiger partial charge in [-0.3, -0.25) is 5.10 Å². The summed E-state index contributed by atoms with van der Waals surface area (Å²) in [6.45, 7) is 6.04. The molecule has 1 saturated heterocycles. The molecule has 90 valence electrons. The average Bonchev–Trinajstić information content (AvgIpc) is 2.79. The second-order valence-electron chi connectivity index (χ2n) is 4.69. The van der Waals surface area contributed by atoms with Gasteiger partial charge in [-0.1, -0.05) is 13.8 Å². The van der Waals surface area contributed by atoms with E-state index in [4.69, 9.17) is 4.74 Å². The van der Waals surface area contributed by atoms with Crippen molar-refractivity contribution in [1.82, 2.24) is 20.5 Å². The monoisotopic (exact) mass is 224 g/mol. The normalized spacial score (nSPS) is 26.2. The minimum absolute atomic E-state index is 0.390. The van der Waals surface area contributed by atoms with Crippen LogP contribution in [0.3, 0.4) is 0 Å². The molecule has 0 aromatic carbocycles. The molecule has 1 fully saturated rings. The van der Waals surface area contributed by atoms with Crippen LogP contribution < -0.4 is 5.32 Å².